The van der Waals surface area contributed by atoms with E-state index in [2.05, 4.69) is 31.1 Å². The Kier molecular flexibility index (Phi) is 4.35. The maximum Gasteiger partial charge on any atom is 0.231 e. The summed E-state index contributed by atoms with van der Waals surface area (Å²) in [6, 6.07) is 13.5. The van der Waals surface area contributed by atoms with Crippen LogP contribution in [0.4, 0.5) is 10.8 Å². The Morgan fingerprint density at radius 1 is 1.28 bits per heavy atom. The van der Waals surface area contributed by atoms with Gasteiger partial charge < -0.3 is 15.0 Å². The van der Waals surface area contributed by atoms with Gasteiger partial charge in [0.25, 0.3) is 0 Å². The maximum absolute atomic E-state index is 12.3. The smallest absolute Gasteiger partial charge is 0.231 e. The third-order valence-electron chi connectivity index (χ3n) is 4.23. The monoisotopic (exact) mass is 417 g/mol. The predicted molar refractivity (Wildman–Crippen MR) is 105 cm³/mol. The van der Waals surface area contributed by atoms with Crippen LogP contribution in [0.1, 0.15) is 0 Å². The molecule has 1 fully saturated rings. The number of halogens is 1. The summed E-state index contributed by atoms with van der Waals surface area (Å²) in [5, 5.41) is 3.90. The van der Waals surface area contributed by atoms with E-state index in [1.807, 2.05) is 42.5 Å². The largest absolute Gasteiger partial charge is 0.494 e. The first-order valence-corrected chi connectivity index (χ1v) is 9.50. The van der Waals surface area contributed by atoms with Crippen molar-refractivity contribution in [3.63, 3.8) is 0 Å². The van der Waals surface area contributed by atoms with Gasteiger partial charge in [-0.25, -0.2) is 4.98 Å². The normalized spacial score (nSPS) is 14.4. The van der Waals surface area contributed by atoms with Gasteiger partial charge in [-0.3, -0.25) is 4.79 Å². The molecule has 0 atom stereocenters. The summed E-state index contributed by atoms with van der Waals surface area (Å²) in [5.41, 5.74) is 1.70. The van der Waals surface area contributed by atoms with Crippen molar-refractivity contribution in [3.8, 4) is 5.75 Å². The topological polar surface area (TPSA) is 54.5 Å². The van der Waals surface area contributed by atoms with Crippen LogP contribution in [0.5, 0.6) is 5.75 Å². The molecule has 1 aromatic heterocycles. The fraction of sp³-hybridized carbons (Fsp3) is 0.222. The van der Waals surface area contributed by atoms with Gasteiger partial charge in [-0.15, -0.1) is 0 Å². The highest BCUT2D eigenvalue weighted by Crippen LogP contribution is 2.36. The van der Waals surface area contributed by atoms with Crippen LogP contribution in [0, 0.1) is 5.92 Å². The molecule has 0 spiro atoms. The average Bonchev–Trinajstić information content (AvgIpc) is 2.99. The van der Waals surface area contributed by atoms with Gasteiger partial charge in [0.05, 0.1) is 17.7 Å². The summed E-state index contributed by atoms with van der Waals surface area (Å²) >= 11 is 5.02. The molecule has 1 aliphatic heterocycles. The van der Waals surface area contributed by atoms with Crippen LogP contribution in [0.3, 0.4) is 0 Å². The zero-order chi connectivity index (χ0) is 17.4. The zero-order valence-corrected chi connectivity index (χ0v) is 15.9. The number of hydrogen-bond donors (Lipinski definition) is 1. The van der Waals surface area contributed by atoms with Crippen LogP contribution < -0.4 is 15.0 Å². The number of nitrogens with zero attached hydrogens (tertiary/aromatic N) is 2. The van der Waals surface area contributed by atoms with Crippen molar-refractivity contribution >= 4 is 54.2 Å². The molecule has 0 unspecified atom stereocenters. The van der Waals surface area contributed by atoms with E-state index in [-0.39, 0.29) is 11.8 Å². The Balaban J connectivity index is 1.41. The van der Waals surface area contributed by atoms with Gasteiger partial charge in [0, 0.05) is 23.2 Å². The van der Waals surface area contributed by atoms with E-state index in [1.165, 1.54) is 0 Å². The fourth-order valence-corrected chi connectivity index (χ4v) is 4.06. The van der Waals surface area contributed by atoms with E-state index < -0.39 is 0 Å². The average molecular weight is 418 g/mol. The van der Waals surface area contributed by atoms with Crippen LogP contribution in [0.2, 0.25) is 0 Å². The van der Waals surface area contributed by atoms with E-state index in [4.69, 9.17) is 4.74 Å². The molecule has 1 N–H and O–H groups in total. The molecule has 1 saturated heterocycles. The maximum atomic E-state index is 12.3. The molecule has 0 aliphatic carbocycles. The molecular formula is C18H16BrN3O2S. The quantitative estimate of drug-likeness (QED) is 0.692. The van der Waals surface area contributed by atoms with Gasteiger partial charge in [0.2, 0.25) is 5.91 Å². The van der Waals surface area contributed by atoms with Gasteiger partial charge in [-0.05, 0) is 36.4 Å². The summed E-state index contributed by atoms with van der Waals surface area (Å²) in [6.07, 6.45) is 0. The van der Waals surface area contributed by atoms with Crippen molar-refractivity contribution in [2.24, 2.45) is 5.92 Å². The second-order valence-corrected chi connectivity index (χ2v) is 7.83. The highest BCUT2D eigenvalue weighted by molar-refractivity contribution is 9.10. The van der Waals surface area contributed by atoms with E-state index in [1.54, 1.807) is 18.4 Å². The van der Waals surface area contributed by atoms with E-state index in [0.29, 0.717) is 13.1 Å². The second kappa shape index (κ2) is 6.65. The number of carbonyl (C=O) groups is 1. The third kappa shape index (κ3) is 3.21. The van der Waals surface area contributed by atoms with Gasteiger partial charge in [0.1, 0.15) is 11.3 Å². The Hall–Kier alpha value is -2.12. The van der Waals surface area contributed by atoms with Crippen molar-refractivity contribution in [3.05, 3.63) is 46.9 Å². The van der Waals surface area contributed by atoms with Gasteiger partial charge >= 0.3 is 0 Å². The lowest BCUT2D eigenvalue weighted by Gasteiger charge is -2.37. The Labute approximate surface area is 157 Å². The van der Waals surface area contributed by atoms with Gasteiger partial charge in [-0.2, -0.15) is 0 Å². The summed E-state index contributed by atoms with van der Waals surface area (Å²) < 4.78 is 7.45. The molecule has 1 amide bonds. The minimum atomic E-state index is -0.0162. The number of carbonyl (C=O) groups excluding carboxylic acids is 1. The molecular weight excluding hydrogens is 402 g/mol. The van der Waals surface area contributed by atoms with Crippen LogP contribution >= 0.6 is 27.3 Å². The van der Waals surface area contributed by atoms with Crippen LogP contribution in [0.15, 0.2) is 46.9 Å². The van der Waals surface area contributed by atoms with E-state index in [9.17, 15) is 4.79 Å². The zero-order valence-electron chi connectivity index (χ0n) is 13.5. The molecule has 0 radical (unpaired) electrons. The molecule has 0 saturated carbocycles. The Bertz CT molecular complexity index is 920. The molecule has 3 aromatic rings. The highest BCUT2D eigenvalue weighted by Gasteiger charge is 2.34. The number of methoxy groups -OCH3 is 1. The summed E-state index contributed by atoms with van der Waals surface area (Å²) in [7, 11) is 1.65. The predicted octanol–water partition coefficient (Wildman–Crippen LogP) is 4.14. The number of para-hydroxylation sites is 1. The third-order valence-corrected chi connectivity index (χ3v) is 5.84. The second-order valence-electron chi connectivity index (χ2n) is 5.90. The van der Waals surface area contributed by atoms with E-state index >= 15 is 0 Å². The van der Waals surface area contributed by atoms with Crippen LogP contribution in [0.25, 0.3) is 10.2 Å². The van der Waals surface area contributed by atoms with Gasteiger partial charge in [-0.1, -0.05) is 33.3 Å². The number of ether oxygens (including phenoxy) is 1. The lowest BCUT2D eigenvalue weighted by molar-refractivity contribution is -0.120. The van der Waals surface area contributed by atoms with Crippen molar-refractivity contribution in [1.82, 2.24) is 4.98 Å². The fourth-order valence-electron chi connectivity index (χ4n) is 2.79. The molecule has 4 rings (SSSR count). The van der Waals surface area contributed by atoms with E-state index in [0.717, 1.165) is 31.3 Å². The highest BCUT2D eigenvalue weighted by atomic mass is 79.9. The number of thiazole rings is 1. The first-order valence-electron chi connectivity index (χ1n) is 7.89. The Morgan fingerprint density at radius 3 is 2.76 bits per heavy atom. The minimum absolute atomic E-state index is 0.0162. The molecule has 2 heterocycles. The summed E-state index contributed by atoms with van der Waals surface area (Å²) in [6.45, 7) is 1.37. The minimum Gasteiger partial charge on any atom is -0.494 e. The first kappa shape index (κ1) is 16.4. The van der Waals surface area contributed by atoms with Crippen LogP contribution in [-0.4, -0.2) is 31.1 Å². The number of rotatable bonds is 4. The summed E-state index contributed by atoms with van der Waals surface area (Å²) in [5.74, 6) is 0.819. The van der Waals surface area contributed by atoms with Crippen molar-refractivity contribution in [2.75, 3.05) is 30.4 Å². The Morgan fingerprint density at radius 2 is 2.04 bits per heavy atom. The number of benzene rings is 2. The molecule has 5 nitrogen and oxygen atoms in total. The number of anilines is 2. The van der Waals surface area contributed by atoms with Gasteiger partial charge in [0.15, 0.2) is 5.13 Å². The molecule has 1 aliphatic rings. The number of amides is 1. The van der Waals surface area contributed by atoms with Crippen LogP contribution in [-0.2, 0) is 4.79 Å². The van der Waals surface area contributed by atoms with Crippen molar-refractivity contribution in [2.45, 2.75) is 0 Å². The number of fused-ring (bicyclic) bond motifs is 1. The molecule has 2 aromatic carbocycles. The first-order chi connectivity index (χ1) is 12.1. The number of aromatic nitrogens is 1. The molecule has 7 heteroatoms. The lowest BCUT2D eigenvalue weighted by Crippen LogP contribution is -2.52. The molecule has 128 valence electrons. The lowest BCUT2D eigenvalue weighted by atomic mass is 10.00. The molecule has 0 bridgehead atoms. The van der Waals surface area contributed by atoms with Crippen molar-refractivity contribution in [1.29, 1.82) is 0 Å². The molecule has 25 heavy (non-hydrogen) atoms. The SMILES string of the molecule is COc1cccc2sc(N3CC(C(=O)Nc4ccc(Br)cc4)C3)nc12. The number of nitrogens with one attached hydrogen (secondary N) is 1. The number of hydrogen-bond acceptors (Lipinski definition) is 5. The standard InChI is InChI=1S/C18H16BrN3O2S/c1-24-14-3-2-4-15-16(14)21-18(25-15)22-9-11(10-22)17(23)20-13-7-5-12(19)6-8-13/h2-8,11H,9-10H2,1H3,(H,20,23). The van der Waals surface area contributed by atoms with Crippen molar-refractivity contribution < 1.29 is 9.53 Å². The summed E-state index contributed by atoms with van der Waals surface area (Å²) in [4.78, 5) is 19.2.